The third kappa shape index (κ3) is 6.10. The summed E-state index contributed by atoms with van der Waals surface area (Å²) in [5.74, 6) is 5.95. The number of carbonyl (C=O) groups is 1. The number of hydrogen-bond donors (Lipinski definition) is 3. The number of carbonyl (C=O) groups excluding carboxylic acids is 1. The number of benzene rings is 2. The highest BCUT2D eigenvalue weighted by molar-refractivity contribution is 9.10. The number of nitrogens with two attached hydrogens (primary N) is 1. The van der Waals surface area contributed by atoms with E-state index in [1.807, 2.05) is 24.3 Å². The van der Waals surface area contributed by atoms with Crippen LogP contribution in [0.2, 0.25) is 10.0 Å². The molecule has 0 saturated carbocycles. The van der Waals surface area contributed by atoms with Crippen LogP contribution in [0.25, 0.3) is 0 Å². The van der Waals surface area contributed by atoms with Gasteiger partial charge in [0.25, 0.3) is 5.95 Å². The van der Waals surface area contributed by atoms with Crippen LogP contribution in [0.5, 0.6) is 0 Å². The fourth-order valence-corrected chi connectivity index (χ4v) is 3.33. The summed E-state index contributed by atoms with van der Waals surface area (Å²) >= 11 is 16.4. The van der Waals surface area contributed by atoms with Gasteiger partial charge in [0.05, 0.1) is 22.7 Å². The Bertz CT molecular complexity index is 1040. The summed E-state index contributed by atoms with van der Waals surface area (Å²) in [5.41, 5.74) is 4.05. The molecule has 3 aromatic rings. The van der Waals surface area contributed by atoms with Crippen LogP contribution in [0.4, 0.5) is 11.6 Å². The van der Waals surface area contributed by atoms with Crippen LogP contribution in [0, 0.1) is 0 Å². The molecule has 12 heteroatoms. The molecule has 4 N–H and O–H groups in total. The summed E-state index contributed by atoms with van der Waals surface area (Å²) in [7, 11) is 0. The summed E-state index contributed by atoms with van der Waals surface area (Å²) in [6.07, 6.45) is 1.62. The number of rotatable bonds is 7. The van der Waals surface area contributed by atoms with Crippen molar-refractivity contribution in [3.05, 3.63) is 62.5 Å². The molecular weight excluding hydrogens is 501 g/mol. The lowest BCUT2D eigenvalue weighted by Crippen LogP contribution is -2.17. The lowest BCUT2D eigenvalue weighted by atomic mass is 10.2. The van der Waals surface area contributed by atoms with Gasteiger partial charge in [-0.05, 0) is 35.9 Å². The van der Waals surface area contributed by atoms with Crippen molar-refractivity contribution in [2.24, 2.45) is 5.10 Å². The maximum atomic E-state index is 12.1. The van der Waals surface area contributed by atoms with Gasteiger partial charge in [0.1, 0.15) is 0 Å². The highest BCUT2D eigenvalue weighted by Crippen LogP contribution is 2.26. The Morgan fingerprint density at radius 3 is 2.76 bits per heavy atom. The number of nitrogens with one attached hydrogen (secondary N) is 2. The van der Waals surface area contributed by atoms with E-state index < -0.39 is 0 Å². The standard InChI is InChI=1S/C17H14BrCl2N7OS/c18-11-3-1-10(2-4-11)8-22-24-16-25-26-17(27(16)21)29-9-15(28)23-14-7-12(19)5-6-13(14)20/h1-8H,9,21H2,(H,23,28)(H,24,25)/b22-8+. The Labute approximate surface area is 189 Å². The van der Waals surface area contributed by atoms with Crippen molar-refractivity contribution in [2.45, 2.75) is 5.16 Å². The lowest BCUT2D eigenvalue weighted by molar-refractivity contribution is -0.113. The number of halogens is 3. The Morgan fingerprint density at radius 2 is 2.00 bits per heavy atom. The van der Waals surface area contributed by atoms with Gasteiger partial charge < -0.3 is 11.2 Å². The van der Waals surface area contributed by atoms with Crippen molar-refractivity contribution in [1.82, 2.24) is 14.9 Å². The zero-order valence-corrected chi connectivity index (χ0v) is 18.6. The van der Waals surface area contributed by atoms with E-state index >= 15 is 0 Å². The minimum Gasteiger partial charge on any atom is -0.334 e. The molecule has 0 fully saturated rings. The van der Waals surface area contributed by atoms with Gasteiger partial charge in [-0.3, -0.25) is 4.79 Å². The van der Waals surface area contributed by atoms with Crippen LogP contribution < -0.4 is 16.6 Å². The van der Waals surface area contributed by atoms with Gasteiger partial charge in [0, 0.05) is 9.50 Å². The van der Waals surface area contributed by atoms with Crippen LogP contribution in [-0.4, -0.2) is 32.7 Å². The molecule has 1 amide bonds. The highest BCUT2D eigenvalue weighted by atomic mass is 79.9. The van der Waals surface area contributed by atoms with Crippen LogP contribution >= 0.6 is 50.9 Å². The third-order valence-electron chi connectivity index (χ3n) is 3.45. The minimum atomic E-state index is -0.287. The van der Waals surface area contributed by atoms with E-state index in [1.165, 1.54) is 4.68 Å². The Balaban J connectivity index is 1.54. The molecule has 0 saturated heterocycles. The van der Waals surface area contributed by atoms with Crippen LogP contribution in [-0.2, 0) is 4.79 Å². The average Bonchev–Trinajstić information content (AvgIpc) is 3.04. The molecule has 0 atom stereocenters. The molecule has 0 bridgehead atoms. The predicted molar refractivity (Wildman–Crippen MR) is 121 cm³/mol. The summed E-state index contributed by atoms with van der Waals surface area (Å²) in [5, 5.41) is 15.8. The zero-order valence-electron chi connectivity index (χ0n) is 14.6. The predicted octanol–water partition coefficient (Wildman–Crippen LogP) is 4.24. The SMILES string of the molecule is Nn1c(N/N=C/c2ccc(Br)cc2)nnc1SCC(=O)Nc1cc(Cl)ccc1Cl. The molecule has 8 nitrogen and oxygen atoms in total. The second-order valence-corrected chi connectivity index (χ2v) is 8.26. The number of amides is 1. The molecular formula is C17H14BrCl2N7OS. The van der Waals surface area contributed by atoms with Gasteiger partial charge in [-0.15, -0.1) is 10.2 Å². The molecule has 0 radical (unpaired) electrons. The second kappa shape index (κ2) is 9.97. The number of nitrogen functional groups attached to an aromatic ring is 1. The molecule has 0 spiro atoms. The number of anilines is 2. The summed E-state index contributed by atoms with van der Waals surface area (Å²) in [6, 6.07) is 12.4. The zero-order chi connectivity index (χ0) is 20.8. The van der Waals surface area contributed by atoms with Crippen molar-refractivity contribution in [2.75, 3.05) is 22.3 Å². The van der Waals surface area contributed by atoms with Crippen LogP contribution in [0.1, 0.15) is 5.56 Å². The maximum absolute atomic E-state index is 12.1. The summed E-state index contributed by atoms with van der Waals surface area (Å²) in [6.45, 7) is 0. The van der Waals surface area contributed by atoms with Crippen molar-refractivity contribution in [3.63, 3.8) is 0 Å². The van der Waals surface area contributed by atoms with E-state index in [1.54, 1.807) is 24.4 Å². The quantitative estimate of drug-likeness (QED) is 0.188. The van der Waals surface area contributed by atoms with E-state index in [0.717, 1.165) is 21.8 Å². The summed E-state index contributed by atoms with van der Waals surface area (Å²) in [4.78, 5) is 12.1. The second-order valence-electron chi connectivity index (χ2n) is 5.56. The maximum Gasteiger partial charge on any atom is 0.264 e. The first-order chi connectivity index (χ1) is 13.9. The number of hydrogen-bond acceptors (Lipinski definition) is 7. The number of aromatic nitrogens is 3. The molecule has 0 aliphatic heterocycles. The summed E-state index contributed by atoms with van der Waals surface area (Å²) < 4.78 is 2.19. The first-order valence-electron chi connectivity index (χ1n) is 8.05. The van der Waals surface area contributed by atoms with Gasteiger partial charge in [0.2, 0.25) is 11.1 Å². The number of thioether (sulfide) groups is 1. The van der Waals surface area contributed by atoms with Gasteiger partial charge in [-0.25, -0.2) is 10.1 Å². The fraction of sp³-hybridized carbons (Fsp3) is 0.0588. The fourth-order valence-electron chi connectivity index (χ4n) is 2.07. The van der Waals surface area contributed by atoms with Crippen molar-refractivity contribution >= 4 is 74.7 Å². The number of hydrazone groups is 1. The molecule has 0 aliphatic carbocycles. The molecule has 150 valence electrons. The van der Waals surface area contributed by atoms with Crippen molar-refractivity contribution in [3.8, 4) is 0 Å². The van der Waals surface area contributed by atoms with E-state index in [4.69, 9.17) is 29.0 Å². The van der Waals surface area contributed by atoms with Gasteiger partial charge in [-0.1, -0.05) is 63.0 Å². The minimum absolute atomic E-state index is 0.0559. The monoisotopic (exact) mass is 513 g/mol. The molecule has 1 aromatic heterocycles. The smallest absolute Gasteiger partial charge is 0.264 e. The van der Waals surface area contributed by atoms with E-state index in [2.05, 4.69) is 42.0 Å². The van der Waals surface area contributed by atoms with E-state index in [0.29, 0.717) is 20.9 Å². The van der Waals surface area contributed by atoms with Gasteiger partial charge >= 0.3 is 0 Å². The van der Waals surface area contributed by atoms with Crippen LogP contribution in [0.15, 0.2) is 57.2 Å². The molecule has 1 heterocycles. The first-order valence-corrected chi connectivity index (χ1v) is 10.6. The largest absolute Gasteiger partial charge is 0.334 e. The Morgan fingerprint density at radius 1 is 1.24 bits per heavy atom. The third-order valence-corrected chi connectivity index (χ3v) is 5.48. The average molecular weight is 515 g/mol. The van der Waals surface area contributed by atoms with Crippen molar-refractivity contribution in [1.29, 1.82) is 0 Å². The van der Waals surface area contributed by atoms with Gasteiger partial charge in [-0.2, -0.15) is 5.10 Å². The topological polar surface area (TPSA) is 110 Å². The van der Waals surface area contributed by atoms with Crippen LogP contribution in [0.3, 0.4) is 0 Å². The molecule has 3 rings (SSSR count). The molecule has 0 aliphatic rings. The molecule has 0 unspecified atom stereocenters. The molecule has 29 heavy (non-hydrogen) atoms. The Hall–Kier alpha value is -2.27. The number of nitrogens with zero attached hydrogens (tertiary/aromatic N) is 4. The van der Waals surface area contributed by atoms with Crippen molar-refractivity contribution < 1.29 is 4.79 Å². The van der Waals surface area contributed by atoms with E-state index in [-0.39, 0.29) is 17.6 Å². The van der Waals surface area contributed by atoms with Gasteiger partial charge in [0.15, 0.2) is 0 Å². The molecule has 2 aromatic carbocycles. The van der Waals surface area contributed by atoms with E-state index in [9.17, 15) is 4.79 Å². The first kappa shape index (κ1) is 21.4. The Kier molecular flexibility index (Phi) is 7.37. The normalized spacial score (nSPS) is 11.0. The highest BCUT2D eigenvalue weighted by Gasteiger charge is 2.13. The lowest BCUT2D eigenvalue weighted by Gasteiger charge is -2.07.